The standard InChI is InChI=1S/C16H19N5OS/c1-20(2)14-13-15(21(3)10-17-13)19-16(18-14)23-9-11-5-7-12(22-4)8-6-11/h5-8,10H,9H2,1-4H3. The Hall–Kier alpha value is -2.28. The van der Waals surface area contributed by atoms with Gasteiger partial charge in [-0.25, -0.2) is 15.0 Å². The van der Waals surface area contributed by atoms with Crippen LogP contribution in [0.15, 0.2) is 35.7 Å². The molecule has 2 heterocycles. The van der Waals surface area contributed by atoms with Gasteiger partial charge in [-0.1, -0.05) is 23.9 Å². The van der Waals surface area contributed by atoms with Crippen LogP contribution in [0, 0.1) is 0 Å². The lowest BCUT2D eigenvalue weighted by atomic mass is 10.2. The molecule has 0 fully saturated rings. The average molecular weight is 329 g/mol. The smallest absolute Gasteiger partial charge is 0.191 e. The minimum absolute atomic E-state index is 0.751. The number of benzene rings is 1. The molecule has 0 unspecified atom stereocenters. The summed E-state index contributed by atoms with van der Waals surface area (Å²) in [6.45, 7) is 0. The molecular weight excluding hydrogens is 310 g/mol. The van der Waals surface area contributed by atoms with E-state index in [0.29, 0.717) is 0 Å². The van der Waals surface area contributed by atoms with Gasteiger partial charge in [0, 0.05) is 26.9 Å². The van der Waals surface area contributed by atoms with E-state index in [-0.39, 0.29) is 0 Å². The maximum absolute atomic E-state index is 5.18. The summed E-state index contributed by atoms with van der Waals surface area (Å²) in [5.41, 5.74) is 2.88. The van der Waals surface area contributed by atoms with Gasteiger partial charge in [0.2, 0.25) is 0 Å². The molecule has 120 valence electrons. The topological polar surface area (TPSA) is 56.1 Å². The molecule has 3 rings (SSSR count). The Bertz CT molecular complexity index is 813. The predicted molar refractivity (Wildman–Crippen MR) is 93.2 cm³/mol. The molecule has 0 N–H and O–H groups in total. The van der Waals surface area contributed by atoms with Gasteiger partial charge >= 0.3 is 0 Å². The molecule has 0 aliphatic heterocycles. The molecule has 0 spiro atoms. The van der Waals surface area contributed by atoms with E-state index in [9.17, 15) is 0 Å². The number of hydrogen-bond donors (Lipinski definition) is 0. The van der Waals surface area contributed by atoms with Crippen molar-refractivity contribution < 1.29 is 4.74 Å². The van der Waals surface area contributed by atoms with E-state index in [1.54, 1.807) is 25.2 Å². The van der Waals surface area contributed by atoms with Crippen molar-refractivity contribution in [2.24, 2.45) is 7.05 Å². The van der Waals surface area contributed by atoms with E-state index >= 15 is 0 Å². The highest BCUT2D eigenvalue weighted by atomic mass is 32.2. The van der Waals surface area contributed by atoms with E-state index < -0.39 is 0 Å². The van der Waals surface area contributed by atoms with Crippen molar-refractivity contribution in [1.82, 2.24) is 19.5 Å². The van der Waals surface area contributed by atoms with Gasteiger partial charge in [0.25, 0.3) is 0 Å². The van der Waals surface area contributed by atoms with Gasteiger partial charge in [0.1, 0.15) is 5.75 Å². The molecule has 0 aliphatic carbocycles. The Morgan fingerprint density at radius 2 is 1.91 bits per heavy atom. The van der Waals surface area contributed by atoms with E-state index in [1.165, 1.54) is 5.56 Å². The number of ether oxygens (including phenoxy) is 1. The van der Waals surface area contributed by atoms with Crippen molar-refractivity contribution in [3.63, 3.8) is 0 Å². The van der Waals surface area contributed by atoms with E-state index in [4.69, 9.17) is 4.74 Å². The molecule has 0 aliphatic rings. The fourth-order valence-corrected chi connectivity index (χ4v) is 3.01. The highest BCUT2D eigenvalue weighted by Crippen LogP contribution is 2.27. The van der Waals surface area contributed by atoms with Gasteiger partial charge in [0.15, 0.2) is 22.1 Å². The zero-order valence-electron chi connectivity index (χ0n) is 13.6. The van der Waals surface area contributed by atoms with Crippen molar-refractivity contribution in [3.8, 4) is 5.75 Å². The lowest BCUT2D eigenvalue weighted by Crippen LogP contribution is -2.12. The maximum Gasteiger partial charge on any atom is 0.191 e. The number of anilines is 1. The molecule has 0 saturated heterocycles. The van der Waals surface area contributed by atoms with Gasteiger partial charge in [-0.3, -0.25) is 0 Å². The fraction of sp³-hybridized carbons (Fsp3) is 0.312. The quantitative estimate of drug-likeness (QED) is 0.530. The number of rotatable bonds is 5. The first kappa shape index (κ1) is 15.6. The summed E-state index contributed by atoms with van der Waals surface area (Å²) in [6, 6.07) is 8.04. The molecule has 0 amide bonds. The predicted octanol–water partition coefficient (Wildman–Crippen LogP) is 2.73. The summed E-state index contributed by atoms with van der Waals surface area (Å²) in [5, 5.41) is 0.751. The van der Waals surface area contributed by atoms with Crippen LogP contribution in [0.3, 0.4) is 0 Å². The summed E-state index contributed by atoms with van der Waals surface area (Å²) in [4.78, 5) is 15.6. The van der Waals surface area contributed by atoms with Crippen LogP contribution in [0.25, 0.3) is 11.2 Å². The monoisotopic (exact) mass is 329 g/mol. The molecule has 1 aromatic carbocycles. The van der Waals surface area contributed by atoms with Crippen LogP contribution in [0.4, 0.5) is 5.82 Å². The fourth-order valence-electron chi connectivity index (χ4n) is 2.22. The first-order chi connectivity index (χ1) is 11.1. The number of imidazole rings is 1. The Morgan fingerprint density at radius 1 is 1.17 bits per heavy atom. The maximum atomic E-state index is 5.18. The summed E-state index contributed by atoms with van der Waals surface area (Å²) in [5.74, 6) is 2.51. The third-order valence-corrected chi connectivity index (χ3v) is 4.39. The third kappa shape index (κ3) is 3.24. The van der Waals surface area contributed by atoms with Crippen molar-refractivity contribution in [1.29, 1.82) is 0 Å². The molecule has 7 heteroatoms. The number of fused-ring (bicyclic) bond motifs is 1. The van der Waals surface area contributed by atoms with E-state index in [0.717, 1.165) is 33.6 Å². The lowest BCUT2D eigenvalue weighted by molar-refractivity contribution is 0.414. The third-order valence-electron chi connectivity index (χ3n) is 3.47. The Labute approximate surface area is 139 Å². The second-order valence-corrected chi connectivity index (χ2v) is 6.33. The Balaban J connectivity index is 1.85. The SMILES string of the molecule is COc1ccc(CSc2nc(N(C)C)c3ncn(C)c3n2)cc1. The summed E-state index contributed by atoms with van der Waals surface area (Å²) >= 11 is 1.61. The zero-order chi connectivity index (χ0) is 16.4. The minimum atomic E-state index is 0.751. The van der Waals surface area contributed by atoms with Crippen molar-refractivity contribution in [3.05, 3.63) is 36.2 Å². The molecule has 23 heavy (non-hydrogen) atoms. The normalized spacial score (nSPS) is 11.0. The number of aromatic nitrogens is 4. The van der Waals surface area contributed by atoms with Crippen molar-refractivity contribution in [2.75, 3.05) is 26.1 Å². The summed E-state index contributed by atoms with van der Waals surface area (Å²) in [7, 11) is 7.55. The van der Waals surface area contributed by atoms with Crippen molar-refractivity contribution >= 4 is 28.7 Å². The molecule has 0 radical (unpaired) electrons. The van der Waals surface area contributed by atoms with Gasteiger partial charge < -0.3 is 14.2 Å². The second kappa shape index (κ2) is 6.45. The van der Waals surface area contributed by atoms with Crippen LogP contribution in [-0.4, -0.2) is 40.7 Å². The molecule has 0 saturated carbocycles. The van der Waals surface area contributed by atoms with Crippen LogP contribution in [0.5, 0.6) is 5.75 Å². The van der Waals surface area contributed by atoms with E-state index in [2.05, 4.69) is 27.1 Å². The number of methoxy groups -OCH3 is 1. The lowest BCUT2D eigenvalue weighted by Gasteiger charge is -2.13. The highest BCUT2D eigenvalue weighted by molar-refractivity contribution is 7.98. The first-order valence-corrected chi connectivity index (χ1v) is 8.19. The molecule has 6 nitrogen and oxygen atoms in total. The zero-order valence-corrected chi connectivity index (χ0v) is 14.5. The first-order valence-electron chi connectivity index (χ1n) is 7.20. The number of aryl methyl sites for hydroxylation is 1. The Morgan fingerprint density at radius 3 is 2.57 bits per heavy atom. The minimum Gasteiger partial charge on any atom is -0.497 e. The van der Waals surface area contributed by atoms with Gasteiger partial charge in [0.05, 0.1) is 13.4 Å². The van der Waals surface area contributed by atoms with Crippen LogP contribution >= 0.6 is 11.8 Å². The number of thioether (sulfide) groups is 1. The van der Waals surface area contributed by atoms with E-state index in [1.807, 2.05) is 42.7 Å². The summed E-state index contributed by atoms with van der Waals surface area (Å²) in [6.07, 6.45) is 1.77. The second-order valence-electron chi connectivity index (χ2n) is 5.39. The van der Waals surface area contributed by atoms with Crippen LogP contribution < -0.4 is 9.64 Å². The van der Waals surface area contributed by atoms with Gasteiger partial charge in [-0.05, 0) is 17.7 Å². The summed E-state index contributed by atoms with van der Waals surface area (Å²) < 4.78 is 7.10. The number of nitrogens with zero attached hydrogens (tertiary/aromatic N) is 5. The van der Waals surface area contributed by atoms with Crippen LogP contribution in [-0.2, 0) is 12.8 Å². The van der Waals surface area contributed by atoms with Crippen LogP contribution in [0.1, 0.15) is 5.56 Å². The molecule has 3 aromatic rings. The Kier molecular flexibility index (Phi) is 4.38. The highest BCUT2D eigenvalue weighted by Gasteiger charge is 2.13. The molecule has 0 bridgehead atoms. The number of hydrogen-bond acceptors (Lipinski definition) is 6. The van der Waals surface area contributed by atoms with Gasteiger partial charge in [-0.2, -0.15) is 0 Å². The molecule has 0 atom stereocenters. The largest absolute Gasteiger partial charge is 0.497 e. The van der Waals surface area contributed by atoms with Gasteiger partial charge in [-0.15, -0.1) is 0 Å². The molecule has 2 aromatic heterocycles. The van der Waals surface area contributed by atoms with Crippen LogP contribution in [0.2, 0.25) is 0 Å². The van der Waals surface area contributed by atoms with Crippen molar-refractivity contribution in [2.45, 2.75) is 10.9 Å². The molecular formula is C16H19N5OS. The average Bonchev–Trinajstić information content (AvgIpc) is 2.94.